The van der Waals surface area contributed by atoms with Gasteiger partial charge in [0.25, 0.3) is 17.4 Å². The summed E-state index contributed by atoms with van der Waals surface area (Å²) >= 11 is 2.92. The predicted octanol–water partition coefficient (Wildman–Crippen LogP) is 5.34. The van der Waals surface area contributed by atoms with Crippen LogP contribution in [-0.2, 0) is 25.6 Å². The first-order valence-electron chi connectivity index (χ1n) is 14.0. The van der Waals surface area contributed by atoms with Crippen LogP contribution in [-0.4, -0.2) is 49.1 Å². The van der Waals surface area contributed by atoms with Crippen LogP contribution in [0.3, 0.4) is 0 Å². The standard InChI is InChI=1S/C31H30BrF3N6O3/c1-17(2)13-21-11-12-40(38-21)30-37-26-16-39(28(43)20-7-10-25(32)24(15-20)31(33,34)35)18(3)14-23(26)29(44)41(30)22-8-5-19(6-9-22)27(42)36-4/h5-12,15,17-18H,13-14,16H2,1-4H3,(H,36,42)/t18-/m1/s1. The zero-order valence-electron chi connectivity index (χ0n) is 24.4. The maximum Gasteiger partial charge on any atom is 0.417 e. The molecule has 3 heterocycles. The number of carbonyl (C=O) groups excluding carboxylic acids is 2. The molecule has 0 unspecified atom stereocenters. The summed E-state index contributed by atoms with van der Waals surface area (Å²) in [5.74, 6) is -0.352. The molecule has 1 aliphatic heterocycles. The second-order valence-electron chi connectivity index (χ2n) is 11.1. The number of alkyl halides is 3. The fourth-order valence-corrected chi connectivity index (χ4v) is 5.72. The van der Waals surface area contributed by atoms with Crippen molar-refractivity contribution in [2.75, 3.05) is 7.05 Å². The molecule has 0 fully saturated rings. The molecule has 1 atom stereocenters. The van der Waals surface area contributed by atoms with Crippen molar-refractivity contribution in [2.24, 2.45) is 5.92 Å². The number of aromatic nitrogens is 4. The summed E-state index contributed by atoms with van der Waals surface area (Å²) in [7, 11) is 1.53. The highest BCUT2D eigenvalue weighted by Crippen LogP contribution is 2.36. The Bertz CT molecular complexity index is 1800. The van der Waals surface area contributed by atoms with Gasteiger partial charge in [-0.05, 0) is 74.2 Å². The molecule has 4 aromatic rings. The van der Waals surface area contributed by atoms with Crippen LogP contribution >= 0.6 is 15.9 Å². The zero-order chi connectivity index (χ0) is 31.9. The zero-order valence-corrected chi connectivity index (χ0v) is 26.0. The summed E-state index contributed by atoms with van der Waals surface area (Å²) in [4.78, 5) is 46.0. The van der Waals surface area contributed by atoms with Crippen LogP contribution in [0.2, 0.25) is 0 Å². The number of hydrogen-bond acceptors (Lipinski definition) is 5. The van der Waals surface area contributed by atoms with Crippen LogP contribution in [0.1, 0.15) is 64.0 Å². The van der Waals surface area contributed by atoms with E-state index in [1.54, 1.807) is 37.4 Å². The molecule has 0 spiro atoms. The van der Waals surface area contributed by atoms with Gasteiger partial charge in [0, 0.05) is 40.4 Å². The van der Waals surface area contributed by atoms with Crippen LogP contribution in [0, 0.1) is 5.92 Å². The smallest absolute Gasteiger partial charge is 0.355 e. The monoisotopic (exact) mass is 670 g/mol. The number of amides is 2. The van der Waals surface area contributed by atoms with Crippen molar-refractivity contribution < 1.29 is 22.8 Å². The molecule has 9 nitrogen and oxygen atoms in total. The molecule has 44 heavy (non-hydrogen) atoms. The number of fused-ring (bicyclic) bond motifs is 1. The normalized spacial score (nSPS) is 14.9. The first-order valence-corrected chi connectivity index (χ1v) is 14.8. The molecule has 5 rings (SSSR count). The SMILES string of the molecule is CNC(=O)c1ccc(-n2c(-n3ccc(CC(C)C)n3)nc3c(c2=O)C[C@@H](C)N(C(=O)c2ccc(Br)c(C(F)(F)F)c2)C3)cc1. The number of nitrogens with zero attached hydrogens (tertiary/aromatic N) is 5. The van der Waals surface area contributed by atoms with E-state index in [1.807, 2.05) is 6.07 Å². The first kappa shape index (κ1) is 31.2. The lowest BCUT2D eigenvalue weighted by atomic mass is 9.98. The largest absolute Gasteiger partial charge is 0.417 e. The highest BCUT2D eigenvalue weighted by molar-refractivity contribution is 9.10. The topological polar surface area (TPSA) is 102 Å². The molecular formula is C31H30BrF3N6O3. The number of benzene rings is 2. The molecule has 1 N–H and O–H groups in total. The second-order valence-corrected chi connectivity index (χ2v) is 12.0. The maximum atomic E-state index is 14.1. The van der Waals surface area contributed by atoms with Crippen LogP contribution in [0.4, 0.5) is 13.2 Å². The molecule has 0 saturated heterocycles. The van der Waals surface area contributed by atoms with Crippen molar-refractivity contribution in [3.8, 4) is 11.6 Å². The van der Waals surface area contributed by atoms with Crippen LogP contribution < -0.4 is 10.9 Å². The molecule has 2 amide bonds. The van der Waals surface area contributed by atoms with E-state index in [0.29, 0.717) is 34.8 Å². The molecule has 0 aliphatic carbocycles. The van der Waals surface area contributed by atoms with Gasteiger partial charge in [-0.3, -0.25) is 14.4 Å². The highest BCUT2D eigenvalue weighted by Gasteiger charge is 2.36. The lowest BCUT2D eigenvalue weighted by molar-refractivity contribution is -0.138. The minimum Gasteiger partial charge on any atom is -0.355 e. The van der Waals surface area contributed by atoms with Crippen LogP contribution in [0.5, 0.6) is 0 Å². The van der Waals surface area contributed by atoms with Crippen molar-refractivity contribution in [3.63, 3.8) is 0 Å². The van der Waals surface area contributed by atoms with Gasteiger partial charge in [-0.25, -0.2) is 14.2 Å². The van der Waals surface area contributed by atoms with E-state index in [1.165, 1.54) is 33.3 Å². The summed E-state index contributed by atoms with van der Waals surface area (Å²) in [5, 5.41) is 7.22. The van der Waals surface area contributed by atoms with Crippen molar-refractivity contribution >= 4 is 27.7 Å². The van der Waals surface area contributed by atoms with Gasteiger partial charge >= 0.3 is 6.18 Å². The van der Waals surface area contributed by atoms with Gasteiger partial charge in [0.05, 0.1) is 29.2 Å². The fraction of sp³-hybridized carbons (Fsp3) is 0.323. The summed E-state index contributed by atoms with van der Waals surface area (Å²) in [6.45, 7) is 5.80. The number of rotatable bonds is 6. The molecule has 0 saturated carbocycles. The molecule has 0 bridgehead atoms. The van der Waals surface area contributed by atoms with E-state index in [9.17, 15) is 27.6 Å². The molecule has 2 aromatic carbocycles. The number of carbonyl (C=O) groups is 2. The molecule has 2 aromatic heterocycles. The lowest BCUT2D eigenvalue weighted by Crippen LogP contribution is -2.46. The number of nitrogens with one attached hydrogen (secondary N) is 1. The van der Waals surface area contributed by atoms with E-state index >= 15 is 0 Å². The Morgan fingerprint density at radius 2 is 1.77 bits per heavy atom. The third kappa shape index (κ3) is 6.05. The maximum absolute atomic E-state index is 14.1. The molecule has 230 valence electrons. The second kappa shape index (κ2) is 12.0. The molecule has 1 aliphatic rings. The van der Waals surface area contributed by atoms with E-state index in [-0.39, 0.29) is 40.4 Å². The molecule has 13 heteroatoms. The van der Waals surface area contributed by atoms with Crippen molar-refractivity contribution in [3.05, 3.63) is 103 Å². The van der Waals surface area contributed by atoms with Gasteiger partial charge in [0.1, 0.15) is 0 Å². The predicted molar refractivity (Wildman–Crippen MR) is 161 cm³/mol. The van der Waals surface area contributed by atoms with Crippen molar-refractivity contribution in [1.29, 1.82) is 0 Å². The Morgan fingerprint density at radius 3 is 2.41 bits per heavy atom. The van der Waals surface area contributed by atoms with Gasteiger partial charge in [-0.1, -0.05) is 29.8 Å². The first-order chi connectivity index (χ1) is 20.8. The van der Waals surface area contributed by atoms with E-state index in [2.05, 4.69) is 40.2 Å². The quantitative estimate of drug-likeness (QED) is 0.298. The van der Waals surface area contributed by atoms with E-state index < -0.39 is 23.7 Å². The average Bonchev–Trinajstić information content (AvgIpc) is 3.43. The minimum atomic E-state index is -4.65. The van der Waals surface area contributed by atoms with E-state index in [4.69, 9.17) is 4.98 Å². The summed E-state index contributed by atoms with van der Waals surface area (Å²) in [6, 6.07) is 11.2. The van der Waals surface area contributed by atoms with Gasteiger partial charge in [0.2, 0.25) is 5.95 Å². The Labute approximate surface area is 259 Å². The Hall–Kier alpha value is -4.26. The van der Waals surface area contributed by atoms with Crippen molar-refractivity contribution in [2.45, 2.75) is 52.4 Å². The fourth-order valence-electron chi connectivity index (χ4n) is 5.25. The average molecular weight is 672 g/mol. The minimum absolute atomic E-state index is 0.0778. The van der Waals surface area contributed by atoms with Gasteiger partial charge < -0.3 is 10.2 Å². The highest BCUT2D eigenvalue weighted by atomic mass is 79.9. The Balaban J connectivity index is 1.60. The summed E-state index contributed by atoms with van der Waals surface area (Å²) in [6.07, 6.45) is -2.09. The summed E-state index contributed by atoms with van der Waals surface area (Å²) in [5.41, 5.74) is 0.982. The van der Waals surface area contributed by atoms with Crippen LogP contribution in [0.15, 0.2) is 64.0 Å². The third-order valence-corrected chi connectivity index (χ3v) is 8.15. The van der Waals surface area contributed by atoms with Crippen LogP contribution in [0.25, 0.3) is 11.6 Å². The van der Waals surface area contributed by atoms with Crippen molar-refractivity contribution in [1.82, 2.24) is 29.5 Å². The van der Waals surface area contributed by atoms with Gasteiger partial charge in [-0.2, -0.15) is 18.3 Å². The third-order valence-electron chi connectivity index (χ3n) is 7.46. The molecular weight excluding hydrogens is 641 g/mol. The van der Waals surface area contributed by atoms with Gasteiger partial charge in [-0.15, -0.1) is 0 Å². The number of halogens is 4. The Kier molecular flexibility index (Phi) is 8.52. The molecule has 0 radical (unpaired) electrons. The number of hydrogen-bond donors (Lipinski definition) is 1. The Morgan fingerprint density at radius 1 is 1.09 bits per heavy atom. The van der Waals surface area contributed by atoms with Gasteiger partial charge in [0.15, 0.2) is 0 Å². The van der Waals surface area contributed by atoms with E-state index in [0.717, 1.165) is 11.8 Å². The lowest BCUT2D eigenvalue weighted by Gasteiger charge is -2.34. The summed E-state index contributed by atoms with van der Waals surface area (Å²) < 4.78 is 43.4.